The van der Waals surface area contributed by atoms with Gasteiger partial charge in [0.1, 0.15) is 18.6 Å². The molecule has 0 saturated heterocycles. The van der Waals surface area contributed by atoms with Crippen LogP contribution in [0, 0.1) is 0 Å². The first-order chi connectivity index (χ1) is 12.1. The van der Waals surface area contributed by atoms with Crippen LogP contribution in [0.2, 0.25) is 0 Å². The third-order valence-electron chi connectivity index (χ3n) is 4.04. The predicted molar refractivity (Wildman–Crippen MR) is 94.1 cm³/mol. The van der Waals surface area contributed by atoms with E-state index in [9.17, 15) is 14.4 Å². The van der Waals surface area contributed by atoms with Gasteiger partial charge in [0.2, 0.25) is 5.91 Å². The number of benzene rings is 2. The lowest BCUT2D eigenvalue weighted by molar-refractivity contribution is -0.124. The molecule has 3 rings (SSSR count). The summed E-state index contributed by atoms with van der Waals surface area (Å²) >= 11 is 0. The van der Waals surface area contributed by atoms with E-state index in [-0.39, 0.29) is 25.0 Å². The fraction of sp³-hybridized carbons (Fsp3) is 0.211. The highest BCUT2D eigenvalue weighted by Crippen LogP contribution is 2.32. The molecule has 1 aliphatic heterocycles. The quantitative estimate of drug-likeness (QED) is 0.785. The van der Waals surface area contributed by atoms with Gasteiger partial charge < -0.3 is 9.64 Å². The van der Waals surface area contributed by atoms with Crippen molar-refractivity contribution in [1.29, 1.82) is 0 Å². The lowest BCUT2D eigenvalue weighted by Gasteiger charge is -2.31. The fourth-order valence-corrected chi connectivity index (χ4v) is 2.80. The SMILES string of the molecule is CCN(C(=O)CN1C(=O)COc2ccc(C=O)cc21)c1ccccc1. The van der Waals surface area contributed by atoms with Gasteiger partial charge in [0.15, 0.2) is 6.61 Å². The molecule has 1 aliphatic rings. The highest BCUT2D eigenvalue weighted by atomic mass is 16.5. The standard InChI is InChI=1S/C19H18N2O4/c1-2-20(15-6-4-3-5-7-15)18(23)11-21-16-10-14(12-22)8-9-17(16)25-13-19(21)24/h3-10,12H,2,11,13H2,1H3. The van der Waals surface area contributed by atoms with Crippen molar-refractivity contribution in [2.24, 2.45) is 0 Å². The van der Waals surface area contributed by atoms with E-state index in [0.717, 1.165) is 5.69 Å². The molecule has 128 valence electrons. The largest absolute Gasteiger partial charge is 0.482 e. The summed E-state index contributed by atoms with van der Waals surface area (Å²) in [6.07, 6.45) is 0.696. The number of nitrogens with zero attached hydrogens (tertiary/aromatic N) is 2. The minimum Gasteiger partial charge on any atom is -0.482 e. The van der Waals surface area contributed by atoms with Crippen molar-refractivity contribution in [2.75, 3.05) is 29.5 Å². The number of hydrogen-bond donors (Lipinski definition) is 0. The van der Waals surface area contributed by atoms with E-state index in [2.05, 4.69) is 0 Å². The summed E-state index contributed by atoms with van der Waals surface area (Å²) in [5, 5.41) is 0. The van der Waals surface area contributed by atoms with Crippen LogP contribution in [0.1, 0.15) is 17.3 Å². The Morgan fingerprint density at radius 3 is 2.68 bits per heavy atom. The highest BCUT2D eigenvalue weighted by molar-refractivity contribution is 6.06. The van der Waals surface area contributed by atoms with Crippen molar-refractivity contribution in [1.82, 2.24) is 0 Å². The first kappa shape index (κ1) is 16.7. The zero-order chi connectivity index (χ0) is 17.8. The number of fused-ring (bicyclic) bond motifs is 1. The first-order valence-electron chi connectivity index (χ1n) is 8.02. The second-order valence-electron chi connectivity index (χ2n) is 5.59. The molecule has 6 nitrogen and oxygen atoms in total. The maximum Gasteiger partial charge on any atom is 0.265 e. The van der Waals surface area contributed by atoms with Gasteiger partial charge in [-0.2, -0.15) is 0 Å². The number of carbonyl (C=O) groups is 3. The summed E-state index contributed by atoms with van der Waals surface area (Å²) in [5.74, 6) is -0.0276. The van der Waals surface area contributed by atoms with Crippen molar-refractivity contribution in [2.45, 2.75) is 6.92 Å². The Labute approximate surface area is 145 Å². The summed E-state index contributed by atoms with van der Waals surface area (Å²) in [6, 6.07) is 14.1. The third kappa shape index (κ3) is 3.38. The first-order valence-corrected chi connectivity index (χ1v) is 8.02. The number of amides is 2. The summed E-state index contributed by atoms with van der Waals surface area (Å²) in [5.41, 5.74) is 1.64. The van der Waals surface area contributed by atoms with E-state index in [1.165, 1.54) is 4.90 Å². The Morgan fingerprint density at radius 2 is 2.00 bits per heavy atom. The number of likely N-dealkylation sites (N-methyl/N-ethyl adjacent to an activating group) is 1. The van der Waals surface area contributed by atoms with E-state index in [4.69, 9.17) is 4.74 Å². The van der Waals surface area contributed by atoms with Gasteiger partial charge in [0, 0.05) is 17.8 Å². The third-order valence-corrected chi connectivity index (χ3v) is 4.04. The van der Waals surface area contributed by atoms with Crippen molar-refractivity contribution >= 4 is 29.5 Å². The normalized spacial score (nSPS) is 13.0. The molecule has 2 aromatic rings. The van der Waals surface area contributed by atoms with E-state index in [1.807, 2.05) is 37.3 Å². The Hall–Kier alpha value is -3.15. The Bertz CT molecular complexity index is 804. The molecule has 0 fully saturated rings. The molecule has 2 amide bonds. The Kier molecular flexibility index (Phi) is 4.79. The van der Waals surface area contributed by atoms with Crippen LogP contribution in [0.4, 0.5) is 11.4 Å². The van der Waals surface area contributed by atoms with Crippen LogP contribution in [0.15, 0.2) is 48.5 Å². The second-order valence-corrected chi connectivity index (χ2v) is 5.59. The van der Waals surface area contributed by atoms with Gasteiger partial charge in [0.05, 0.1) is 5.69 Å². The number of hydrogen-bond acceptors (Lipinski definition) is 4. The lowest BCUT2D eigenvalue weighted by atomic mass is 10.1. The van der Waals surface area contributed by atoms with Crippen LogP contribution in [0.25, 0.3) is 0 Å². The maximum atomic E-state index is 12.8. The van der Waals surface area contributed by atoms with Crippen LogP contribution in [-0.4, -0.2) is 37.8 Å². The monoisotopic (exact) mass is 338 g/mol. The number of rotatable bonds is 5. The van der Waals surface area contributed by atoms with Crippen molar-refractivity contribution in [3.8, 4) is 5.75 Å². The topological polar surface area (TPSA) is 66.9 Å². The molecule has 2 aromatic carbocycles. The van der Waals surface area contributed by atoms with Crippen LogP contribution in [0.3, 0.4) is 0 Å². The zero-order valence-corrected chi connectivity index (χ0v) is 13.8. The van der Waals surface area contributed by atoms with Gasteiger partial charge in [-0.25, -0.2) is 0 Å². The molecule has 0 radical (unpaired) electrons. The minimum atomic E-state index is -0.312. The van der Waals surface area contributed by atoms with Crippen LogP contribution in [-0.2, 0) is 9.59 Å². The van der Waals surface area contributed by atoms with Gasteiger partial charge in [0.25, 0.3) is 5.91 Å². The predicted octanol–water partition coefficient (Wildman–Crippen LogP) is 2.28. The smallest absolute Gasteiger partial charge is 0.265 e. The van der Waals surface area contributed by atoms with Gasteiger partial charge in [-0.05, 0) is 37.3 Å². The molecule has 0 aromatic heterocycles. The Balaban J connectivity index is 1.88. The molecule has 6 heteroatoms. The summed E-state index contributed by atoms with van der Waals surface area (Å²) in [7, 11) is 0. The summed E-state index contributed by atoms with van der Waals surface area (Å²) < 4.78 is 5.39. The number of ether oxygens (including phenoxy) is 1. The van der Waals surface area contributed by atoms with E-state index < -0.39 is 0 Å². The summed E-state index contributed by atoms with van der Waals surface area (Å²) in [6.45, 7) is 2.13. The van der Waals surface area contributed by atoms with E-state index >= 15 is 0 Å². The van der Waals surface area contributed by atoms with E-state index in [0.29, 0.717) is 29.8 Å². The van der Waals surface area contributed by atoms with Gasteiger partial charge >= 0.3 is 0 Å². The molecule has 0 N–H and O–H groups in total. The van der Waals surface area contributed by atoms with Crippen LogP contribution < -0.4 is 14.5 Å². The number of anilines is 2. The van der Waals surface area contributed by atoms with Crippen molar-refractivity contribution in [3.63, 3.8) is 0 Å². The molecule has 1 heterocycles. The lowest BCUT2D eigenvalue weighted by Crippen LogP contribution is -2.46. The molecular weight excluding hydrogens is 320 g/mol. The fourth-order valence-electron chi connectivity index (χ4n) is 2.80. The molecule has 0 bridgehead atoms. The molecule has 25 heavy (non-hydrogen) atoms. The number of para-hydroxylation sites is 1. The molecule has 0 saturated carbocycles. The van der Waals surface area contributed by atoms with E-state index in [1.54, 1.807) is 23.1 Å². The average molecular weight is 338 g/mol. The molecule has 0 spiro atoms. The van der Waals surface area contributed by atoms with Gasteiger partial charge in [-0.15, -0.1) is 0 Å². The Morgan fingerprint density at radius 1 is 1.24 bits per heavy atom. The molecule has 0 unspecified atom stereocenters. The van der Waals surface area contributed by atoms with Crippen LogP contribution in [0.5, 0.6) is 5.75 Å². The maximum absolute atomic E-state index is 12.8. The second kappa shape index (κ2) is 7.17. The number of carbonyl (C=O) groups excluding carboxylic acids is 3. The van der Waals surface area contributed by atoms with Gasteiger partial charge in [-0.1, -0.05) is 18.2 Å². The van der Waals surface area contributed by atoms with Crippen molar-refractivity contribution < 1.29 is 19.1 Å². The number of aldehydes is 1. The highest BCUT2D eigenvalue weighted by Gasteiger charge is 2.29. The van der Waals surface area contributed by atoms with Crippen molar-refractivity contribution in [3.05, 3.63) is 54.1 Å². The zero-order valence-electron chi connectivity index (χ0n) is 13.8. The van der Waals surface area contributed by atoms with Crippen LogP contribution >= 0.6 is 0 Å². The molecule has 0 aliphatic carbocycles. The summed E-state index contributed by atoms with van der Waals surface area (Å²) in [4.78, 5) is 39.1. The molecular formula is C19H18N2O4. The minimum absolute atomic E-state index is 0.111. The average Bonchev–Trinajstić information content (AvgIpc) is 2.65. The molecule has 0 atom stereocenters. The van der Waals surface area contributed by atoms with Gasteiger partial charge in [-0.3, -0.25) is 19.3 Å².